The third-order valence-electron chi connectivity index (χ3n) is 3.92. The Morgan fingerprint density at radius 3 is 2.61 bits per heavy atom. The number of anilines is 1. The van der Waals surface area contributed by atoms with Crippen molar-refractivity contribution in [3.05, 3.63) is 29.8 Å². The van der Waals surface area contributed by atoms with Crippen molar-refractivity contribution in [3.63, 3.8) is 0 Å². The molecule has 4 heteroatoms. The molecule has 1 saturated heterocycles. The van der Waals surface area contributed by atoms with Crippen LogP contribution in [0.1, 0.15) is 18.4 Å². The second-order valence-electron chi connectivity index (χ2n) is 5.02. The Morgan fingerprint density at radius 2 is 1.83 bits per heavy atom. The Labute approximate surface area is 122 Å². The molecule has 1 N–H and O–H groups in total. The summed E-state index contributed by atoms with van der Waals surface area (Å²) in [6.45, 7) is 4.91. The number of rotatable bonds is 2. The maximum Gasteiger partial charge on any atom is 0.0399 e. The zero-order chi connectivity index (χ0) is 10.8. The van der Waals surface area contributed by atoms with Gasteiger partial charge in [-0.2, -0.15) is 0 Å². The van der Waals surface area contributed by atoms with Gasteiger partial charge in [-0.05, 0) is 49.9 Å². The molecule has 102 valence electrons. The van der Waals surface area contributed by atoms with Crippen molar-refractivity contribution in [2.75, 3.05) is 31.1 Å². The van der Waals surface area contributed by atoms with Gasteiger partial charge in [-0.1, -0.05) is 18.2 Å². The molecule has 0 spiro atoms. The van der Waals surface area contributed by atoms with Crippen molar-refractivity contribution >= 4 is 30.5 Å². The van der Waals surface area contributed by atoms with E-state index in [9.17, 15) is 0 Å². The Morgan fingerprint density at radius 1 is 1.11 bits per heavy atom. The molecule has 2 aliphatic rings. The van der Waals surface area contributed by atoms with Crippen LogP contribution in [0.5, 0.6) is 0 Å². The molecule has 3 rings (SSSR count). The van der Waals surface area contributed by atoms with Crippen LogP contribution in [0.2, 0.25) is 0 Å². The summed E-state index contributed by atoms with van der Waals surface area (Å²) in [7, 11) is 0. The Hall–Kier alpha value is -0.440. The van der Waals surface area contributed by atoms with Crippen LogP contribution >= 0.6 is 24.8 Å². The van der Waals surface area contributed by atoms with Crippen LogP contribution in [-0.4, -0.2) is 26.2 Å². The fourth-order valence-corrected chi connectivity index (χ4v) is 2.97. The highest BCUT2D eigenvalue weighted by atomic mass is 35.5. The highest BCUT2D eigenvalue weighted by Gasteiger charge is 2.22. The summed E-state index contributed by atoms with van der Waals surface area (Å²) in [4.78, 5) is 2.59. The average molecular weight is 289 g/mol. The molecule has 18 heavy (non-hydrogen) atoms. The lowest BCUT2D eigenvalue weighted by Gasteiger charge is -2.29. The number of hydrogen-bond acceptors (Lipinski definition) is 2. The van der Waals surface area contributed by atoms with Crippen LogP contribution in [0.4, 0.5) is 5.69 Å². The lowest BCUT2D eigenvalue weighted by Crippen LogP contribution is -2.35. The van der Waals surface area contributed by atoms with E-state index in [1.807, 2.05) is 0 Å². The van der Waals surface area contributed by atoms with Crippen molar-refractivity contribution in [2.24, 2.45) is 5.92 Å². The number of nitrogens with zero attached hydrogens (tertiary/aromatic N) is 1. The van der Waals surface area contributed by atoms with Crippen molar-refractivity contribution in [1.82, 2.24) is 5.32 Å². The maximum atomic E-state index is 3.44. The summed E-state index contributed by atoms with van der Waals surface area (Å²) in [5.74, 6) is 0.896. The van der Waals surface area contributed by atoms with E-state index >= 15 is 0 Å². The lowest BCUT2D eigenvalue weighted by molar-refractivity contribution is 0.375. The van der Waals surface area contributed by atoms with E-state index in [0.717, 1.165) is 5.92 Å². The highest BCUT2D eigenvalue weighted by Crippen LogP contribution is 2.29. The maximum absolute atomic E-state index is 3.44. The first-order valence-corrected chi connectivity index (χ1v) is 6.47. The minimum absolute atomic E-state index is 0. The highest BCUT2D eigenvalue weighted by molar-refractivity contribution is 5.85. The standard InChI is InChI=1S/C14H20N2.2ClH/c1-2-4-14-13(3-1)7-10-16(14)11-12-5-8-15-9-6-12;;/h1-4,12,15H,5-11H2;2*1H. The zero-order valence-electron chi connectivity index (χ0n) is 10.6. The molecular formula is C14H22Cl2N2. The van der Waals surface area contributed by atoms with E-state index in [4.69, 9.17) is 0 Å². The Bertz CT molecular complexity index is 365. The molecule has 0 bridgehead atoms. The van der Waals surface area contributed by atoms with Crippen molar-refractivity contribution < 1.29 is 0 Å². The Kier molecular flexibility index (Phi) is 6.27. The normalized spacial score (nSPS) is 18.8. The van der Waals surface area contributed by atoms with Gasteiger partial charge >= 0.3 is 0 Å². The molecule has 0 aromatic heterocycles. The van der Waals surface area contributed by atoms with Crippen LogP contribution in [0, 0.1) is 5.92 Å². The average Bonchev–Trinajstić information content (AvgIpc) is 2.74. The fraction of sp³-hybridized carbons (Fsp3) is 0.571. The van der Waals surface area contributed by atoms with Crippen molar-refractivity contribution in [2.45, 2.75) is 19.3 Å². The third kappa shape index (κ3) is 3.31. The second kappa shape index (κ2) is 7.22. The molecule has 0 unspecified atom stereocenters. The minimum Gasteiger partial charge on any atom is -0.371 e. The van der Waals surface area contributed by atoms with Gasteiger partial charge in [-0.15, -0.1) is 24.8 Å². The van der Waals surface area contributed by atoms with Gasteiger partial charge in [0.25, 0.3) is 0 Å². The molecule has 1 aromatic rings. The summed E-state index contributed by atoms with van der Waals surface area (Å²) >= 11 is 0. The zero-order valence-corrected chi connectivity index (χ0v) is 12.2. The molecule has 0 atom stereocenters. The lowest BCUT2D eigenvalue weighted by atomic mass is 9.97. The van der Waals surface area contributed by atoms with Crippen LogP contribution < -0.4 is 10.2 Å². The number of fused-ring (bicyclic) bond motifs is 1. The molecule has 0 saturated carbocycles. The van der Waals surface area contributed by atoms with Gasteiger partial charge < -0.3 is 10.2 Å². The van der Waals surface area contributed by atoms with E-state index in [-0.39, 0.29) is 24.8 Å². The Balaban J connectivity index is 0.000000810. The van der Waals surface area contributed by atoms with E-state index in [0.29, 0.717) is 0 Å². The van der Waals surface area contributed by atoms with Crippen molar-refractivity contribution in [1.29, 1.82) is 0 Å². The molecule has 0 amide bonds. The second-order valence-corrected chi connectivity index (χ2v) is 5.02. The monoisotopic (exact) mass is 288 g/mol. The summed E-state index contributed by atoms with van der Waals surface area (Å²) in [5, 5.41) is 3.44. The van der Waals surface area contributed by atoms with Gasteiger partial charge in [0.1, 0.15) is 0 Å². The first kappa shape index (κ1) is 15.6. The third-order valence-corrected chi connectivity index (χ3v) is 3.92. The molecule has 2 heterocycles. The van der Waals surface area contributed by atoms with E-state index in [2.05, 4.69) is 34.5 Å². The summed E-state index contributed by atoms with van der Waals surface area (Å²) in [6.07, 6.45) is 3.93. The van der Waals surface area contributed by atoms with E-state index in [1.54, 1.807) is 0 Å². The molecule has 1 fully saturated rings. The SMILES string of the molecule is Cl.Cl.c1ccc2c(c1)CCN2CC1CCNCC1. The quantitative estimate of drug-likeness (QED) is 0.900. The van der Waals surface area contributed by atoms with Gasteiger partial charge in [0.15, 0.2) is 0 Å². The smallest absolute Gasteiger partial charge is 0.0399 e. The topological polar surface area (TPSA) is 15.3 Å². The summed E-state index contributed by atoms with van der Waals surface area (Å²) in [6, 6.07) is 8.88. The number of nitrogens with one attached hydrogen (secondary N) is 1. The molecule has 2 aliphatic heterocycles. The number of para-hydroxylation sites is 1. The molecule has 0 aliphatic carbocycles. The number of halogens is 2. The fourth-order valence-electron chi connectivity index (χ4n) is 2.97. The molecular weight excluding hydrogens is 267 g/mol. The van der Waals surface area contributed by atoms with Crippen LogP contribution in [0.25, 0.3) is 0 Å². The van der Waals surface area contributed by atoms with Gasteiger partial charge in [-0.3, -0.25) is 0 Å². The largest absolute Gasteiger partial charge is 0.371 e. The van der Waals surface area contributed by atoms with Gasteiger partial charge in [0, 0.05) is 18.8 Å². The summed E-state index contributed by atoms with van der Waals surface area (Å²) < 4.78 is 0. The van der Waals surface area contributed by atoms with Crippen LogP contribution in [-0.2, 0) is 6.42 Å². The molecule has 0 radical (unpaired) electrons. The first-order valence-electron chi connectivity index (χ1n) is 6.47. The van der Waals surface area contributed by atoms with Crippen molar-refractivity contribution in [3.8, 4) is 0 Å². The predicted octanol–water partition coefficient (Wildman–Crippen LogP) is 2.89. The van der Waals surface area contributed by atoms with Gasteiger partial charge in [0.05, 0.1) is 0 Å². The van der Waals surface area contributed by atoms with E-state index in [1.165, 1.54) is 56.7 Å². The number of hydrogen-bond donors (Lipinski definition) is 1. The molecule has 2 nitrogen and oxygen atoms in total. The first-order chi connectivity index (χ1) is 7.93. The summed E-state index contributed by atoms with van der Waals surface area (Å²) in [5.41, 5.74) is 3.03. The minimum atomic E-state index is 0. The van der Waals surface area contributed by atoms with Crippen LogP contribution in [0.15, 0.2) is 24.3 Å². The van der Waals surface area contributed by atoms with Gasteiger partial charge in [-0.25, -0.2) is 0 Å². The van der Waals surface area contributed by atoms with Crippen LogP contribution in [0.3, 0.4) is 0 Å². The predicted molar refractivity (Wildman–Crippen MR) is 82.4 cm³/mol. The number of piperidine rings is 1. The molecule has 1 aromatic carbocycles. The number of benzene rings is 1. The van der Waals surface area contributed by atoms with Gasteiger partial charge in [0.2, 0.25) is 0 Å². The van der Waals surface area contributed by atoms with E-state index < -0.39 is 0 Å².